The summed E-state index contributed by atoms with van der Waals surface area (Å²) in [5.41, 5.74) is 9.48. The lowest BCUT2D eigenvalue weighted by Crippen LogP contribution is -2.56. The number of hydrogen-bond donors (Lipinski definition) is 1. The maximum Gasteiger partial charge on any atom is 0.0951 e. The van der Waals surface area contributed by atoms with Crippen molar-refractivity contribution in [2.75, 3.05) is 23.7 Å². The number of nitrogen functional groups attached to an aromatic ring is 1. The number of rotatable bonds is 3. The van der Waals surface area contributed by atoms with Crippen molar-refractivity contribution in [1.29, 1.82) is 0 Å². The van der Waals surface area contributed by atoms with Gasteiger partial charge in [0.15, 0.2) is 0 Å². The molecule has 1 fully saturated rings. The number of nitrogens with zero attached hydrogens (tertiary/aromatic N) is 2. The quantitative estimate of drug-likeness (QED) is 0.854. The van der Waals surface area contributed by atoms with Gasteiger partial charge in [-0.05, 0) is 37.1 Å². The Bertz CT molecular complexity index is 594. The smallest absolute Gasteiger partial charge is 0.0951 e. The normalized spacial score (nSPS) is 17.5. The second-order valence-electron chi connectivity index (χ2n) is 5.64. The summed E-state index contributed by atoms with van der Waals surface area (Å²) in [6.45, 7) is 6.88. The molecule has 1 aliphatic heterocycles. The van der Waals surface area contributed by atoms with Crippen LogP contribution in [0.2, 0.25) is 0 Å². The molecule has 0 saturated carbocycles. The molecule has 0 spiro atoms. The molecule has 2 N–H and O–H groups in total. The summed E-state index contributed by atoms with van der Waals surface area (Å²) in [4.78, 5) is 6.86. The first-order chi connectivity index (χ1) is 9.19. The Morgan fingerprint density at radius 1 is 1.21 bits per heavy atom. The van der Waals surface area contributed by atoms with E-state index in [4.69, 9.17) is 5.73 Å². The molecule has 0 aliphatic carbocycles. The predicted molar refractivity (Wildman–Crippen MR) is 81.4 cm³/mol. The maximum absolute atomic E-state index is 6.01. The lowest BCUT2D eigenvalue weighted by atomic mass is 9.75. The van der Waals surface area contributed by atoms with Crippen LogP contribution in [0.3, 0.4) is 0 Å². The van der Waals surface area contributed by atoms with E-state index in [9.17, 15) is 0 Å². The first-order valence-corrected chi connectivity index (χ1v) is 7.07. The molecule has 100 valence electrons. The fraction of sp³-hybridized carbons (Fsp3) is 0.438. The first kappa shape index (κ1) is 12.3. The molecule has 1 saturated heterocycles. The molecule has 3 rings (SSSR count). The van der Waals surface area contributed by atoms with Crippen LogP contribution in [-0.4, -0.2) is 18.1 Å². The van der Waals surface area contributed by atoms with Crippen LogP contribution < -0.4 is 10.6 Å². The van der Waals surface area contributed by atoms with Gasteiger partial charge in [0.2, 0.25) is 0 Å². The minimum absolute atomic E-state index is 0.510. The van der Waals surface area contributed by atoms with Crippen molar-refractivity contribution in [2.45, 2.75) is 26.7 Å². The minimum Gasteiger partial charge on any atom is -0.397 e. The SMILES string of the molecule is CCC1(CC)CN(c2ccc(N)c3ncccc23)C1. The summed E-state index contributed by atoms with van der Waals surface area (Å²) in [5.74, 6) is 0. The fourth-order valence-corrected chi connectivity index (χ4v) is 3.09. The Labute approximate surface area is 114 Å². The van der Waals surface area contributed by atoms with E-state index in [0.29, 0.717) is 5.41 Å². The Kier molecular flexibility index (Phi) is 2.85. The lowest BCUT2D eigenvalue weighted by molar-refractivity contribution is 0.195. The van der Waals surface area contributed by atoms with Gasteiger partial charge in [0, 0.05) is 35.8 Å². The third-order valence-corrected chi connectivity index (χ3v) is 4.67. The zero-order valence-electron chi connectivity index (χ0n) is 11.7. The Morgan fingerprint density at radius 2 is 1.95 bits per heavy atom. The van der Waals surface area contributed by atoms with Crippen LogP contribution in [0.5, 0.6) is 0 Å². The molecular formula is C16H21N3. The molecule has 1 aliphatic rings. The van der Waals surface area contributed by atoms with E-state index >= 15 is 0 Å². The van der Waals surface area contributed by atoms with Gasteiger partial charge in [0.05, 0.1) is 11.2 Å². The molecule has 2 heterocycles. The van der Waals surface area contributed by atoms with E-state index in [0.717, 1.165) is 24.3 Å². The van der Waals surface area contributed by atoms with Crippen LogP contribution in [0.15, 0.2) is 30.5 Å². The van der Waals surface area contributed by atoms with E-state index in [2.05, 4.69) is 35.9 Å². The van der Waals surface area contributed by atoms with Gasteiger partial charge in [-0.2, -0.15) is 0 Å². The highest BCUT2D eigenvalue weighted by atomic mass is 15.2. The van der Waals surface area contributed by atoms with E-state index in [1.165, 1.54) is 23.9 Å². The summed E-state index contributed by atoms with van der Waals surface area (Å²) < 4.78 is 0. The Balaban J connectivity index is 1.98. The van der Waals surface area contributed by atoms with Gasteiger partial charge in [0.1, 0.15) is 0 Å². The number of hydrogen-bond acceptors (Lipinski definition) is 3. The van der Waals surface area contributed by atoms with E-state index in [1.54, 1.807) is 6.20 Å². The molecule has 1 aromatic carbocycles. The monoisotopic (exact) mass is 255 g/mol. The second-order valence-corrected chi connectivity index (χ2v) is 5.64. The van der Waals surface area contributed by atoms with Gasteiger partial charge in [-0.25, -0.2) is 0 Å². The average Bonchev–Trinajstić information content (AvgIpc) is 2.41. The van der Waals surface area contributed by atoms with Crippen molar-refractivity contribution >= 4 is 22.3 Å². The maximum atomic E-state index is 6.01. The van der Waals surface area contributed by atoms with Gasteiger partial charge in [-0.15, -0.1) is 0 Å². The van der Waals surface area contributed by atoms with Crippen LogP contribution in [0.25, 0.3) is 10.9 Å². The van der Waals surface area contributed by atoms with Crippen molar-refractivity contribution in [3.05, 3.63) is 30.5 Å². The molecule has 0 unspecified atom stereocenters. The van der Waals surface area contributed by atoms with Crippen molar-refractivity contribution in [3.63, 3.8) is 0 Å². The van der Waals surface area contributed by atoms with Gasteiger partial charge >= 0.3 is 0 Å². The van der Waals surface area contributed by atoms with Crippen LogP contribution in [-0.2, 0) is 0 Å². The number of anilines is 2. The van der Waals surface area contributed by atoms with E-state index < -0.39 is 0 Å². The molecule has 3 nitrogen and oxygen atoms in total. The predicted octanol–water partition coefficient (Wildman–Crippen LogP) is 3.44. The zero-order valence-corrected chi connectivity index (χ0v) is 11.7. The van der Waals surface area contributed by atoms with Crippen molar-refractivity contribution in [1.82, 2.24) is 4.98 Å². The van der Waals surface area contributed by atoms with Crippen LogP contribution >= 0.6 is 0 Å². The summed E-state index contributed by atoms with van der Waals surface area (Å²) in [5, 5.41) is 1.17. The van der Waals surface area contributed by atoms with Crippen molar-refractivity contribution in [2.24, 2.45) is 5.41 Å². The summed E-state index contributed by atoms with van der Waals surface area (Å²) in [6, 6.07) is 8.21. The van der Waals surface area contributed by atoms with E-state index in [1.807, 2.05) is 12.1 Å². The third-order valence-electron chi connectivity index (χ3n) is 4.67. The van der Waals surface area contributed by atoms with Gasteiger partial charge in [-0.1, -0.05) is 13.8 Å². The van der Waals surface area contributed by atoms with Crippen LogP contribution in [0.4, 0.5) is 11.4 Å². The molecular weight excluding hydrogens is 234 g/mol. The number of benzene rings is 1. The summed E-state index contributed by atoms with van der Waals surface area (Å²) in [7, 11) is 0. The first-order valence-electron chi connectivity index (χ1n) is 7.07. The number of aromatic nitrogens is 1. The Hall–Kier alpha value is -1.77. The van der Waals surface area contributed by atoms with Gasteiger partial charge < -0.3 is 10.6 Å². The molecule has 1 aromatic heterocycles. The number of nitrogens with two attached hydrogens (primary N) is 1. The van der Waals surface area contributed by atoms with Crippen LogP contribution in [0, 0.1) is 5.41 Å². The van der Waals surface area contributed by atoms with Gasteiger partial charge in [0.25, 0.3) is 0 Å². The third kappa shape index (κ3) is 1.84. The standard InChI is InChI=1S/C16H21N3/c1-3-16(4-2)10-19(11-16)14-8-7-13(17)15-12(14)6-5-9-18-15/h5-9H,3-4,10-11,17H2,1-2H3. The zero-order chi connectivity index (χ0) is 13.5. The number of fused-ring (bicyclic) bond motifs is 1. The topological polar surface area (TPSA) is 42.1 Å². The molecule has 0 atom stereocenters. The fourth-order valence-electron chi connectivity index (χ4n) is 3.09. The summed E-state index contributed by atoms with van der Waals surface area (Å²) >= 11 is 0. The number of pyridine rings is 1. The van der Waals surface area contributed by atoms with Crippen molar-refractivity contribution in [3.8, 4) is 0 Å². The second kappa shape index (κ2) is 4.41. The molecule has 0 amide bonds. The average molecular weight is 255 g/mol. The molecule has 0 radical (unpaired) electrons. The highest BCUT2D eigenvalue weighted by Crippen LogP contribution is 2.42. The Morgan fingerprint density at radius 3 is 2.63 bits per heavy atom. The van der Waals surface area contributed by atoms with Crippen LogP contribution in [0.1, 0.15) is 26.7 Å². The van der Waals surface area contributed by atoms with Gasteiger partial charge in [-0.3, -0.25) is 4.98 Å². The highest BCUT2D eigenvalue weighted by molar-refractivity contribution is 5.98. The molecule has 19 heavy (non-hydrogen) atoms. The minimum atomic E-state index is 0.510. The summed E-state index contributed by atoms with van der Waals surface area (Å²) in [6.07, 6.45) is 4.32. The lowest BCUT2D eigenvalue weighted by Gasteiger charge is -2.51. The molecule has 0 bridgehead atoms. The van der Waals surface area contributed by atoms with Crippen molar-refractivity contribution < 1.29 is 0 Å². The molecule has 3 heteroatoms. The highest BCUT2D eigenvalue weighted by Gasteiger charge is 2.40. The van der Waals surface area contributed by atoms with E-state index in [-0.39, 0.29) is 0 Å². The molecule has 2 aromatic rings. The largest absolute Gasteiger partial charge is 0.397 e.